The van der Waals surface area contributed by atoms with E-state index in [1.165, 1.54) is 6.07 Å². The van der Waals surface area contributed by atoms with Crippen LogP contribution >= 0.6 is 0 Å². The van der Waals surface area contributed by atoms with Crippen LogP contribution in [0.5, 0.6) is 0 Å². The average Bonchev–Trinajstić information content (AvgIpc) is 2.71. The Hall–Kier alpha value is -2.35. The van der Waals surface area contributed by atoms with E-state index >= 15 is 0 Å². The second kappa shape index (κ2) is 9.20. The molecule has 3 rings (SSSR count). The van der Waals surface area contributed by atoms with Gasteiger partial charge in [0.1, 0.15) is 11.4 Å². The largest absolute Gasteiger partial charge is 0.444 e. The Bertz CT molecular complexity index is 764. The maximum Gasteiger partial charge on any atom is 0.410 e. The summed E-state index contributed by atoms with van der Waals surface area (Å²) in [5.74, 6) is 0.217. The van der Waals surface area contributed by atoms with Crippen molar-refractivity contribution in [1.29, 1.82) is 0 Å². The highest BCUT2D eigenvalue weighted by Crippen LogP contribution is 2.35. The molecule has 30 heavy (non-hydrogen) atoms. The molecule has 0 spiro atoms. The van der Waals surface area contributed by atoms with E-state index in [4.69, 9.17) is 15.2 Å². The number of hydrogen-bond acceptors (Lipinski definition) is 4. The standard InChI is InChI=1S/C22H33FN4O3/c1-21(2,3)30-20(28)27-11-9-26(10-12-27)19(24)25-16-22(7-13-29-14-8-22)17-5-4-6-18(23)15-17/h4-6,15H,7-14,16H2,1-3H3,(H2,24,25). The maximum absolute atomic E-state index is 13.8. The quantitative estimate of drug-likeness (QED) is 0.601. The highest BCUT2D eigenvalue weighted by Gasteiger charge is 2.35. The first-order valence-corrected chi connectivity index (χ1v) is 10.6. The van der Waals surface area contributed by atoms with Crippen molar-refractivity contribution in [2.45, 2.75) is 44.6 Å². The lowest BCUT2D eigenvalue weighted by atomic mass is 9.74. The van der Waals surface area contributed by atoms with Gasteiger partial charge in [0.15, 0.2) is 5.96 Å². The Morgan fingerprint density at radius 1 is 1.20 bits per heavy atom. The summed E-state index contributed by atoms with van der Waals surface area (Å²) in [6.07, 6.45) is 1.25. The minimum Gasteiger partial charge on any atom is -0.444 e. The van der Waals surface area contributed by atoms with Gasteiger partial charge in [-0.15, -0.1) is 0 Å². The highest BCUT2D eigenvalue weighted by atomic mass is 19.1. The van der Waals surface area contributed by atoms with Gasteiger partial charge in [-0.25, -0.2) is 9.18 Å². The maximum atomic E-state index is 13.8. The third kappa shape index (κ3) is 5.62. The summed E-state index contributed by atoms with van der Waals surface area (Å²) in [5.41, 5.74) is 6.45. The molecule has 0 unspecified atom stereocenters. The molecule has 1 aromatic carbocycles. The van der Waals surface area contributed by atoms with Crippen molar-refractivity contribution in [2.24, 2.45) is 10.7 Å². The van der Waals surface area contributed by atoms with Gasteiger partial charge >= 0.3 is 6.09 Å². The SMILES string of the molecule is CC(C)(C)OC(=O)N1CCN(C(N)=NCC2(c3cccc(F)c3)CCOCC2)CC1. The molecule has 2 N–H and O–H groups in total. The normalized spacial score (nSPS) is 20.2. The van der Waals surface area contributed by atoms with Crippen molar-refractivity contribution in [3.63, 3.8) is 0 Å². The Morgan fingerprint density at radius 2 is 1.83 bits per heavy atom. The molecule has 8 heteroatoms. The Balaban J connectivity index is 1.63. The zero-order valence-electron chi connectivity index (χ0n) is 18.2. The van der Waals surface area contributed by atoms with Crippen molar-refractivity contribution < 1.29 is 18.7 Å². The summed E-state index contributed by atoms with van der Waals surface area (Å²) in [4.78, 5) is 20.6. The molecule has 0 radical (unpaired) electrons. The topological polar surface area (TPSA) is 80.4 Å². The Morgan fingerprint density at radius 3 is 2.43 bits per heavy atom. The van der Waals surface area contributed by atoms with E-state index in [-0.39, 0.29) is 17.3 Å². The van der Waals surface area contributed by atoms with Crippen molar-refractivity contribution in [1.82, 2.24) is 9.80 Å². The van der Waals surface area contributed by atoms with E-state index < -0.39 is 5.60 Å². The molecule has 1 amide bonds. The molecule has 0 aliphatic carbocycles. The molecule has 7 nitrogen and oxygen atoms in total. The van der Waals surface area contributed by atoms with E-state index in [2.05, 4.69) is 4.99 Å². The lowest BCUT2D eigenvalue weighted by Crippen LogP contribution is -2.53. The smallest absolute Gasteiger partial charge is 0.410 e. The summed E-state index contributed by atoms with van der Waals surface area (Å²) in [7, 11) is 0. The second-order valence-corrected chi connectivity index (χ2v) is 9.03. The molecule has 2 fully saturated rings. The number of piperazine rings is 1. The number of nitrogens with two attached hydrogens (primary N) is 1. The number of benzene rings is 1. The first-order valence-electron chi connectivity index (χ1n) is 10.6. The van der Waals surface area contributed by atoms with Gasteiger partial charge in [-0.1, -0.05) is 12.1 Å². The zero-order valence-corrected chi connectivity index (χ0v) is 18.2. The van der Waals surface area contributed by atoms with E-state index in [1.807, 2.05) is 31.7 Å². The molecule has 1 aromatic rings. The van der Waals surface area contributed by atoms with Crippen LogP contribution in [0, 0.1) is 5.82 Å². The molecule has 0 atom stereocenters. The van der Waals surface area contributed by atoms with Crippen LogP contribution in [0.15, 0.2) is 29.3 Å². The first kappa shape index (κ1) is 22.3. The highest BCUT2D eigenvalue weighted by molar-refractivity contribution is 5.78. The van der Waals surface area contributed by atoms with Gasteiger partial charge in [0.25, 0.3) is 0 Å². The van der Waals surface area contributed by atoms with Crippen molar-refractivity contribution in [2.75, 3.05) is 45.9 Å². The number of nitrogens with zero attached hydrogens (tertiary/aromatic N) is 3. The summed E-state index contributed by atoms with van der Waals surface area (Å²) >= 11 is 0. The van der Waals surface area contributed by atoms with Crippen LogP contribution in [-0.4, -0.2) is 73.4 Å². The van der Waals surface area contributed by atoms with Crippen LogP contribution in [0.1, 0.15) is 39.2 Å². The third-order valence-corrected chi connectivity index (χ3v) is 5.69. The van der Waals surface area contributed by atoms with Gasteiger partial charge in [0, 0.05) is 44.8 Å². The van der Waals surface area contributed by atoms with Gasteiger partial charge in [0.05, 0.1) is 6.54 Å². The van der Waals surface area contributed by atoms with Crippen LogP contribution in [0.4, 0.5) is 9.18 Å². The van der Waals surface area contributed by atoms with Gasteiger partial charge in [-0.05, 0) is 51.3 Å². The fourth-order valence-corrected chi connectivity index (χ4v) is 3.90. The molecule has 2 saturated heterocycles. The minimum atomic E-state index is -0.510. The van der Waals surface area contributed by atoms with E-state index in [0.29, 0.717) is 51.9 Å². The first-order chi connectivity index (χ1) is 14.2. The molecule has 2 aliphatic heterocycles. The Kier molecular flexibility index (Phi) is 6.85. The lowest BCUT2D eigenvalue weighted by Gasteiger charge is -2.38. The predicted molar refractivity (Wildman–Crippen MR) is 114 cm³/mol. The number of guanidine groups is 1. The van der Waals surface area contributed by atoms with Crippen LogP contribution in [0.25, 0.3) is 0 Å². The van der Waals surface area contributed by atoms with Crippen molar-refractivity contribution >= 4 is 12.1 Å². The molecular weight excluding hydrogens is 387 g/mol. The molecule has 2 aliphatic rings. The summed E-state index contributed by atoms with van der Waals surface area (Å²) in [5, 5.41) is 0. The zero-order chi connectivity index (χ0) is 21.8. The number of aliphatic imine (C=N–C) groups is 1. The van der Waals surface area contributed by atoms with Crippen molar-refractivity contribution in [3.05, 3.63) is 35.6 Å². The van der Waals surface area contributed by atoms with E-state index in [0.717, 1.165) is 18.4 Å². The Labute approximate surface area is 178 Å². The van der Waals surface area contributed by atoms with E-state index in [1.54, 1.807) is 17.0 Å². The van der Waals surface area contributed by atoms with Crippen LogP contribution < -0.4 is 5.73 Å². The molecule has 2 heterocycles. The fourth-order valence-electron chi connectivity index (χ4n) is 3.90. The van der Waals surface area contributed by atoms with Crippen LogP contribution in [-0.2, 0) is 14.9 Å². The summed E-state index contributed by atoms with van der Waals surface area (Å²) < 4.78 is 24.8. The number of rotatable bonds is 3. The molecular formula is C22H33FN4O3. The van der Waals surface area contributed by atoms with Gasteiger partial charge in [0.2, 0.25) is 0 Å². The fraction of sp³-hybridized carbons (Fsp3) is 0.636. The predicted octanol–water partition coefficient (Wildman–Crippen LogP) is 2.74. The van der Waals surface area contributed by atoms with Gasteiger partial charge in [-0.3, -0.25) is 4.99 Å². The molecule has 0 bridgehead atoms. The van der Waals surface area contributed by atoms with Gasteiger partial charge in [-0.2, -0.15) is 0 Å². The number of hydrogen-bond donors (Lipinski definition) is 1. The third-order valence-electron chi connectivity index (χ3n) is 5.69. The van der Waals surface area contributed by atoms with Crippen LogP contribution in [0.3, 0.4) is 0 Å². The number of carbonyl (C=O) groups is 1. The summed E-state index contributed by atoms with van der Waals surface area (Å²) in [6.45, 7) is 9.58. The number of ether oxygens (including phenoxy) is 2. The molecule has 166 valence electrons. The molecule has 0 saturated carbocycles. The minimum absolute atomic E-state index is 0.242. The number of amides is 1. The summed E-state index contributed by atoms with van der Waals surface area (Å²) in [6, 6.07) is 6.75. The average molecular weight is 421 g/mol. The monoisotopic (exact) mass is 420 g/mol. The lowest BCUT2D eigenvalue weighted by molar-refractivity contribution is 0.0186. The number of carbonyl (C=O) groups excluding carboxylic acids is 1. The second-order valence-electron chi connectivity index (χ2n) is 9.03. The van der Waals surface area contributed by atoms with Gasteiger partial charge < -0.3 is 25.0 Å². The van der Waals surface area contributed by atoms with E-state index in [9.17, 15) is 9.18 Å². The van der Waals surface area contributed by atoms with Crippen molar-refractivity contribution in [3.8, 4) is 0 Å². The number of halogens is 1. The molecule has 0 aromatic heterocycles. The van der Waals surface area contributed by atoms with Crippen LogP contribution in [0.2, 0.25) is 0 Å².